The molecule has 0 aliphatic carbocycles. The number of hydrogen-bond donors (Lipinski definition) is 5. The fourth-order valence-corrected chi connectivity index (χ4v) is 10.8. The Balaban J connectivity index is 1.47. The summed E-state index contributed by atoms with van der Waals surface area (Å²) in [6, 6.07) is 10.8. The first-order valence-corrected chi connectivity index (χ1v) is 27.6. The Morgan fingerprint density at radius 3 is 2.11 bits per heavy atom. The fourth-order valence-electron chi connectivity index (χ4n) is 10.8. The van der Waals surface area contributed by atoms with Gasteiger partial charge in [-0.05, 0) is 54.7 Å². The van der Waals surface area contributed by atoms with Crippen LogP contribution in [0.4, 0.5) is 4.79 Å². The maximum Gasteiger partial charge on any atom is 0.410 e. The standard InChI is InChI=1S/C59H86N4O17/c1-14-27-77-45-29-39(79-58-52(69)50(67)51(68)54(80-58)57(72)73)25-24-38(45)32-78-59(74)62(11)48(34(6)7)44(65)30-40(33(4)5)56(71)61(10)49(35(8)15-2)46(75-12)31-47(66)63-26-20-23-42(63)53(76-13)36(9)55(70)60-41(43(64)16-3)28-37-21-18-17-19-22-37/h1,17-19,21-22,24-25,29,33-36,40-42,46,48-54,58,67-69H,15-16,20,23,26-28,30-32H2,2-13H3,(H,60,70)(H,72,73)/t35?,36-,40+,41?,42+,46-,48+,49+,50+,51+,52-,53-,54+,58?/m1/s1. The van der Waals surface area contributed by atoms with Gasteiger partial charge in [-0.3, -0.25) is 24.0 Å². The molecule has 2 aromatic rings. The minimum atomic E-state index is -1.93. The third-order valence-electron chi connectivity index (χ3n) is 15.6. The fraction of sp³-hybridized carbons (Fsp3) is 0.644. The van der Waals surface area contributed by atoms with Crippen LogP contribution in [0.2, 0.25) is 0 Å². The molecule has 21 heteroatoms. The van der Waals surface area contributed by atoms with E-state index in [1.165, 1.54) is 44.4 Å². The summed E-state index contributed by atoms with van der Waals surface area (Å²) in [4.78, 5) is 101. The highest BCUT2D eigenvalue weighted by Gasteiger charge is 2.49. The molecule has 3 unspecified atom stereocenters. The average molecular weight is 1120 g/mol. The number of benzene rings is 2. The number of ketones is 2. The first-order chi connectivity index (χ1) is 37.9. The van der Waals surface area contributed by atoms with Gasteiger partial charge in [0.05, 0.1) is 48.7 Å². The number of nitrogens with zero attached hydrogens (tertiary/aromatic N) is 3. The number of aliphatic hydroxyl groups excluding tert-OH is 3. The van der Waals surface area contributed by atoms with Crippen molar-refractivity contribution in [2.24, 2.45) is 29.6 Å². The zero-order valence-electron chi connectivity index (χ0n) is 48.4. The number of likely N-dealkylation sites (tertiary alicyclic amines) is 1. The summed E-state index contributed by atoms with van der Waals surface area (Å²) >= 11 is 0. The molecule has 14 atom stereocenters. The van der Waals surface area contributed by atoms with Crippen molar-refractivity contribution in [3.8, 4) is 23.8 Å². The molecule has 2 aromatic carbocycles. The van der Waals surface area contributed by atoms with Crippen LogP contribution in [0.1, 0.15) is 105 Å². The summed E-state index contributed by atoms with van der Waals surface area (Å²) < 4.78 is 34.3. The number of nitrogens with one attached hydrogen (secondary N) is 1. The number of likely N-dealkylation sites (N-methyl/N-ethyl adjacent to an activating group) is 2. The Morgan fingerprint density at radius 1 is 0.863 bits per heavy atom. The number of aliphatic carboxylic acids is 1. The summed E-state index contributed by atoms with van der Waals surface area (Å²) in [6.45, 7) is 14.5. The highest BCUT2D eigenvalue weighted by Crippen LogP contribution is 2.33. The summed E-state index contributed by atoms with van der Waals surface area (Å²) in [7, 11) is 6.09. The van der Waals surface area contributed by atoms with E-state index < -0.39 is 96.9 Å². The molecule has 0 saturated carbocycles. The number of rotatable bonds is 30. The van der Waals surface area contributed by atoms with Crippen molar-refractivity contribution in [3.63, 3.8) is 0 Å². The van der Waals surface area contributed by atoms with Crippen molar-refractivity contribution < 1.29 is 82.4 Å². The number of aliphatic hydroxyl groups is 3. The Kier molecular flexibility index (Phi) is 25.9. The number of carbonyl (C=O) groups is 7. The normalized spacial score (nSPS) is 22.1. The Hall–Kier alpha value is -6.15. The molecule has 2 saturated heterocycles. The second kappa shape index (κ2) is 31.2. The molecular formula is C59H86N4O17. The van der Waals surface area contributed by atoms with E-state index in [4.69, 9.17) is 34.8 Å². The lowest BCUT2D eigenvalue weighted by atomic mass is 9.83. The van der Waals surface area contributed by atoms with Crippen LogP contribution in [0.25, 0.3) is 0 Å². The van der Waals surface area contributed by atoms with Gasteiger partial charge in [-0.25, -0.2) is 9.59 Å². The number of amides is 4. The van der Waals surface area contributed by atoms with Crippen molar-refractivity contribution in [1.29, 1.82) is 0 Å². The van der Waals surface area contributed by atoms with Crippen LogP contribution in [0.15, 0.2) is 48.5 Å². The number of hydrogen-bond acceptors (Lipinski definition) is 16. The van der Waals surface area contributed by atoms with Gasteiger partial charge in [0.1, 0.15) is 43.0 Å². The van der Waals surface area contributed by atoms with Gasteiger partial charge in [-0.15, -0.1) is 6.42 Å². The second-order valence-electron chi connectivity index (χ2n) is 21.7. The Morgan fingerprint density at radius 2 is 1.54 bits per heavy atom. The minimum Gasteiger partial charge on any atom is -0.480 e. The Labute approximate surface area is 470 Å². The molecule has 21 nitrogen and oxygen atoms in total. The maximum absolute atomic E-state index is 14.8. The number of carboxylic acids is 1. The summed E-state index contributed by atoms with van der Waals surface area (Å²) in [6.07, 6.45) is -3.99. The van der Waals surface area contributed by atoms with Gasteiger partial charge >= 0.3 is 12.1 Å². The lowest BCUT2D eigenvalue weighted by Crippen LogP contribution is -2.61. The average Bonchev–Trinajstić information content (AvgIpc) is 4.00. The topological polar surface area (TPSA) is 278 Å². The number of terminal acetylenes is 1. The van der Waals surface area contributed by atoms with Crippen LogP contribution in [-0.2, 0) is 60.7 Å². The molecule has 2 aliphatic rings. The van der Waals surface area contributed by atoms with E-state index in [0.29, 0.717) is 37.8 Å². The van der Waals surface area contributed by atoms with Crippen molar-refractivity contribution in [3.05, 3.63) is 59.7 Å². The zero-order valence-corrected chi connectivity index (χ0v) is 48.4. The predicted octanol–water partition coefficient (Wildman–Crippen LogP) is 4.42. The lowest BCUT2D eigenvalue weighted by molar-refractivity contribution is -0.271. The van der Waals surface area contributed by atoms with Crippen LogP contribution in [0.3, 0.4) is 0 Å². The SMILES string of the molecule is C#CCOc1cc(OC2O[C@H](C(=O)O)[C@@H](O)[C@H](O)[C@H]2O)ccc1COC(=O)N(C)[C@H](C(=O)C[C@H](C(=O)N(C)[C@@H](C(C)CC)[C@@H](CC(=O)N1CCC[C@H]1[C@H](OC)[C@@H](C)C(=O)NC(Cc1ccccc1)C(=O)CC)OC)C(C)C)C(C)C. The minimum absolute atomic E-state index is 0.0225. The number of carboxylic acid groups (broad SMARTS) is 1. The van der Waals surface area contributed by atoms with E-state index in [0.717, 1.165) is 5.56 Å². The van der Waals surface area contributed by atoms with Gasteiger partial charge < -0.3 is 68.9 Å². The van der Waals surface area contributed by atoms with Crippen LogP contribution in [0.5, 0.6) is 11.5 Å². The summed E-state index contributed by atoms with van der Waals surface area (Å²) in [5.41, 5.74) is 1.21. The largest absolute Gasteiger partial charge is 0.480 e. The second-order valence-corrected chi connectivity index (χ2v) is 21.7. The first kappa shape index (κ1) is 66.4. The van der Waals surface area contributed by atoms with E-state index in [-0.39, 0.29) is 85.1 Å². The lowest BCUT2D eigenvalue weighted by Gasteiger charge is -2.41. The van der Waals surface area contributed by atoms with Crippen LogP contribution in [-0.4, -0.2) is 185 Å². The van der Waals surface area contributed by atoms with Gasteiger partial charge in [0.15, 0.2) is 17.7 Å². The molecule has 0 aromatic heterocycles. The zero-order chi connectivity index (χ0) is 59.7. The molecule has 2 fully saturated rings. The van der Waals surface area contributed by atoms with E-state index in [1.807, 2.05) is 58.0 Å². The Bertz CT molecular complexity index is 2430. The van der Waals surface area contributed by atoms with Gasteiger partial charge in [0, 0.05) is 65.2 Å². The predicted molar refractivity (Wildman–Crippen MR) is 294 cm³/mol. The van der Waals surface area contributed by atoms with Gasteiger partial charge in [0.25, 0.3) is 0 Å². The molecule has 4 rings (SSSR count). The van der Waals surface area contributed by atoms with E-state index in [9.17, 15) is 54.0 Å². The maximum atomic E-state index is 14.8. The third-order valence-corrected chi connectivity index (χ3v) is 15.6. The summed E-state index contributed by atoms with van der Waals surface area (Å²) in [5, 5.41) is 43.2. The quantitative estimate of drug-likeness (QED) is 0.0677. The van der Waals surface area contributed by atoms with E-state index in [1.54, 1.807) is 44.5 Å². The van der Waals surface area contributed by atoms with Crippen molar-refractivity contribution in [2.45, 2.75) is 174 Å². The number of ether oxygens (including phenoxy) is 6. The van der Waals surface area contributed by atoms with Crippen molar-refractivity contribution >= 4 is 41.4 Å². The van der Waals surface area contributed by atoms with Gasteiger partial charge in [-0.1, -0.05) is 98.1 Å². The van der Waals surface area contributed by atoms with Crippen LogP contribution >= 0.6 is 0 Å². The van der Waals surface area contributed by atoms with Crippen LogP contribution < -0.4 is 14.8 Å². The van der Waals surface area contributed by atoms with Gasteiger partial charge in [0.2, 0.25) is 24.0 Å². The van der Waals surface area contributed by atoms with Gasteiger partial charge in [-0.2, -0.15) is 0 Å². The van der Waals surface area contributed by atoms with E-state index >= 15 is 0 Å². The molecule has 0 radical (unpaired) electrons. The highest BCUT2D eigenvalue weighted by atomic mass is 16.7. The molecular weight excluding hydrogens is 1040 g/mol. The molecule has 444 valence electrons. The molecule has 0 spiro atoms. The van der Waals surface area contributed by atoms with Crippen LogP contribution in [0, 0.1) is 41.9 Å². The third kappa shape index (κ3) is 17.0. The molecule has 4 amide bonds. The molecule has 0 bridgehead atoms. The number of methoxy groups -OCH3 is 2. The highest BCUT2D eigenvalue weighted by molar-refractivity contribution is 5.92. The molecule has 2 aliphatic heterocycles. The first-order valence-electron chi connectivity index (χ1n) is 27.6. The van der Waals surface area contributed by atoms with Crippen molar-refractivity contribution in [1.82, 2.24) is 20.0 Å². The van der Waals surface area contributed by atoms with Crippen molar-refractivity contribution in [2.75, 3.05) is 41.5 Å². The molecule has 80 heavy (non-hydrogen) atoms. The smallest absolute Gasteiger partial charge is 0.410 e. The number of Topliss-reactive ketones (excluding diaryl/α,β-unsaturated/α-hetero) is 2. The number of carbonyl (C=O) groups excluding carboxylic acids is 6. The van der Waals surface area contributed by atoms with E-state index in [2.05, 4.69) is 11.2 Å². The molecule has 5 N–H and O–H groups in total. The molecule has 2 heterocycles. The monoisotopic (exact) mass is 1120 g/mol. The summed E-state index contributed by atoms with van der Waals surface area (Å²) in [5.74, 6) is -3.08.